The SMILES string of the molecule is CCCNCc1cnc(-c2cc(F)cc(Br)c2)s1. The number of thiazole rings is 1. The highest BCUT2D eigenvalue weighted by atomic mass is 79.9. The van der Waals surface area contributed by atoms with Gasteiger partial charge in [-0.3, -0.25) is 0 Å². The summed E-state index contributed by atoms with van der Waals surface area (Å²) >= 11 is 4.89. The first-order valence-corrected chi connectivity index (χ1v) is 7.42. The minimum atomic E-state index is -0.250. The van der Waals surface area contributed by atoms with E-state index in [0.29, 0.717) is 0 Å². The number of nitrogens with one attached hydrogen (secondary N) is 1. The Hall–Kier alpha value is -0.780. The summed E-state index contributed by atoms with van der Waals surface area (Å²) in [6.45, 7) is 3.95. The first kappa shape index (κ1) is 13.6. The van der Waals surface area contributed by atoms with Crippen molar-refractivity contribution in [2.24, 2.45) is 0 Å². The molecule has 18 heavy (non-hydrogen) atoms. The molecular formula is C13H14BrFN2S. The second kappa shape index (κ2) is 6.41. The Balaban J connectivity index is 2.13. The van der Waals surface area contributed by atoms with E-state index in [4.69, 9.17) is 0 Å². The molecule has 1 aromatic heterocycles. The van der Waals surface area contributed by atoms with E-state index in [1.54, 1.807) is 11.3 Å². The van der Waals surface area contributed by atoms with Gasteiger partial charge in [-0.15, -0.1) is 11.3 Å². The van der Waals surface area contributed by atoms with Crippen molar-refractivity contribution in [3.05, 3.63) is 39.6 Å². The predicted octanol–water partition coefficient (Wildman–Crippen LogP) is 4.21. The number of aromatic nitrogens is 1. The topological polar surface area (TPSA) is 24.9 Å². The molecule has 0 aliphatic heterocycles. The van der Waals surface area contributed by atoms with E-state index in [2.05, 4.69) is 33.2 Å². The maximum atomic E-state index is 13.3. The third-order valence-corrected chi connectivity index (χ3v) is 3.89. The van der Waals surface area contributed by atoms with Gasteiger partial charge in [0.05, 0.1) is 0 Å². The van der Waals surface area contributed by atoms with E-state index in [1.165, 1.54) is 17.0 Å². The molecule has 2 nitrogen and oxygen atoms in total. The first-order valence-electron chi connectivity index (χ1n) is 5.81. The molecule has 0 amide bonds. The fourth-order valence-electron chi connectivity index (χ4n) is 1.59. The van der Waals surface area contributed by atoms with E-state index in [-0.39, 0.29) is 5.82 Å². The third kappa shape index (κ3) is 3.60. The van der Waals surface area contributed by atoms with Gasteiger partial charge in [-0.2, -0.15) is 0 Å². The van der Waals surface area contributed by atoms with E-state index in [9.17, 15) is 4.39 Å². The van der Waals surface area contributed by atoms with Gasteiger partial charge >= 0.3 is 0 Å². The highest BCUT2D eigenvalue weighted by Gasteiger charge is 2.07. The Kier molecular flexibility index (Phi) is 4.86. The van der Waals surface area contributed by atoms with Crippen LogP contribution in [-0.2, 0) is 6.54 Å². The van der Waals surface area contributed by atoms with Crippen molar-refractivity contribution in [3.63, 3.8) is 0 Å². The molecule has 0 aliphatic carbocycles. The molecule has 0 saturated heterocycles. The average molecular weight is 329 g/mol. The number of halogens is 2. The van der Waals surface area contributed by atoms with E-state index in [1.807, 2.05) is 12.3 Å². The number of hydrogen-bond donors (Lipinski definition) is 1. The van der Waals surface area contributed by atoms with Gasteiger partial charge in [0.1, 0.15) is 10.8 Å². The van der Waals surface area contributed by atoms with Crippen LogP contribution >= 0.6 is 27.3 Å². The molecule has 0 radical (unpaired) electrons. The van der Waals surface area contributed by atoms with E-state index < -0.39 is 0 Å². The highest BCUT2D eigenvalue weighted by Crippen LogP contribution is 2.28. The van der Waals surface area contributed by atoms with Crippen LogP contribution in [0, 0.1) is 5.82 Å². The zero-order valence-corrected chi connectivity index (χ0v) is 12.4. The average Bonchev–Trinajstić information content (AvgIpc) is 2.77. The third-order valence-electron chi connectivity index (χ3n) is 2.39. The number of rotatable bonds is 5. The zero-order chi connectivity index (χ0) is 13.0. The number of hydrogen-bond acceptors (Lipinski definition) is 3. The smallest absolute Gasteiger partial charge is 0.125 e. The summed E-state index contributed by atoms with van der Waals surface area (Å²) in [6, 6.07) is 4.83. The van der Waals surface area contributed by atoms with Crippen LogP contribution in [0.5, 0.6) is 0 Å². The summed E-state index contributed by atoms with van der Waals surface area (Å²) in [4.78, 5) is 5.50. The fraction of sp³-hybridized carbons (Fsp3) is 0.308. The van der Waals surface area contributed by atoms with E-state index >= 15 is 0 Å². The normalized spacial score (nSPS) is 10.8. The molecule has 1 aromatic carbocycles. The monoisotopic (exact) mass is 328 g/mol. The molecule has 1 heterocycles. The van der Waals surface area contributed by atoms with Gasteiger partial charge in [0.25, 0.3) is 0 Å². The Morgan fingerprint density at radius 3 is 2.94 bits per heavy atom. The van der Waals surface area contributed by atoms with Crippen LogP contribution in [-0.4, -0.2) is 11.5 Å². The van der Waals surface area contributed by atoms with E-state index in [0.717, 1.165) is 34.6 Å². The van der Waals surface area contributed by atoms with Gasteiger partial charge in [0.2, 0.25) is 0 Å². The van der Waals surface area contributed by atoms with Crippen LogP contribution in [0.4, 0.5) is 4.39 Å². The molecule has 0 fully saturated rings. The van der Waals surface area contributed by atoms with Crippen molar-refractivity contribution in [2.45, 2.75) is 19.9 Å². The van der Waals surface area contributed by atoms with Gasteiger partial charge in [0, 0.05) is 27.7 Å². The molecule has 2 aromatic rings. The Morgan fingerprint density at radius 2 is 2.22 bits per heavy atom. The molecule has 5 heteroatoms. The molecule has 0 aliphatic rings. The van der Waals surface area contributed by atoms with Crippen molar-refractivity contribution < 1.29 is 4.39 Å². The molecule has 96 valence electrons. The zero-order valence-electron chi connectivity index (χ0n) is 10.0. The van der Waals surface area contributed by atoms with Crippen molar-refractivity contribution in [3.8, 4) is 10.6 Å². The summed E-state index contributed by atoms with van der Waals surface area (Å²) in [5.41, 5.74) is 0.814. The second-order valence-electron chi connectivity index (χ2n) is 3.97. The quantitative estimate of drug-likeness (QED) is 0.831. The molecule has 0 spiro atoms. The van der Waals surface area contributed by atoms with Gasteiger partial charge in [0.15, 0.2) is 0 Å². The largest absolute Gasteiger partial charge is 0.312 e. The highest BCUT2D eigenvalue weighted by molar-refractivity contribution is 9.10. The minimum absolute atomic E-state index is 0.250. The standard InChI is InChI=1S/C13H14BrFN2S/c1-2-3-16-7-12-8-17-13(18-12)9-4-10(14)6-11(15)5-9/h4-6,8,16H,2-3,7H2,1H3. The summed E-state index contributed by atoms with van der Waals surface area (Å²) < 4.78 is 14.0. The first-order chi connectivity index (χ1) is 8.69. The molecular weight excluding hydrogens is 315 g/mol. The Morgan fingerprint density at radius 1 is 1.39 bits per heavy atom. The van der Waals surface area contributed by atoms with Gasteiger partial charge in [-0.05, 0) is 31.2 Å². The Labute approximate surface area is 118 Å². The summed E-state index contributed by atoms with van der Waals surface area (Å²) in [5, 5.41) is 4.18. The molecule has 0 unspecified atom stereocenters. The van der Waals surface area contributed by atoms with Crippen molar-refractivity contribution >= 4 is 27.3 Å². The summed E-state index contributed by atoms with van der Waals surface area (Å²) in [6.07, 6.45) is 2.96. The molecule has 0 saturated carbocycles. The number of nitrogens with zero attached hydrogens (tertiary/aromatic N) is 1. The number of benzene rings is 1. The van der Waals surface area contributed by atoms with Gasteiger partial charge in [-0.25, -0.2) is 9.37 Å². The van der Waals surface area contributed by atoms with Crippen LogP contribution < -0.4 is 5.32 Å². The van der Waals surface area contributed by atoms with Gasteiger partial charge < -0.3 is 5.32 Å². The minimum Gasteiger partial charge on any atom is -0.312 e. The molecule has 1 N–H and O–H groups in total. The van der Waals surface area contributed by atoms with Crippen LogP contribution in [0.2, 0.25) is 0 Å². The predicted molar refractivity (Wildman–Crippen MR) is 77.2 cm³/mol. The molecule has 2 rings (SSSR count). The van der Waals surface area contributed by atoms with Crippen molar-refractivity contribution in [1.29, 1.82) is 0 Å². The fourth-order valence-corrected chi connectivity index (χ4v) is 2.92. The van der Waals surface area contributed by atoms with Crippen molar-refractivity contribution in [1.82, 2.24) is 10.3 Å². The van der Waals surface area contributed by atoms with Crippen LogP contribution in [0.25, 0.3) is 10.6 Å². The van der Waals surface area contributed by atoms with Crippen LogP contribution in [0.15, 0.2) is 28.9 Å². The van der Waals surface area contributed by atoms with Gasteiger partial charge in [-0.1, -0.05) is 22.9 Å². The second-order valence-corrected chi connectivity index (χ2v) is 6.00. The van der Waals surface area contributed by atoms with Crippen LogP contribution in [0.3, 0.4) is 0 Å². The van der Waals surface area contributed by atoms with Crippen molar-refractivity contribution in [2.75, 3.05) is 6.54 Å². The maximum Gasteiger partial charge on any atom is 0.125 e. The summed E-state index contributed by atoms with van der Waals surface area (Å²) in [7, 11) is 0. The lowest BCUT2D eigenvalue weighted by Crippen LogP contribution is -2.12. The lowest BCUT2D eigenvalue weighted by Gasteiger charge is -1.99. The Bertz CT molecular complexity index is 507. The van der Waals surface area contributed by atoms with Crippen LogP contribution in [0.1, 0.15) is 18.2 Å². The lowest BCUT2D eigenvalue weighted by molar-refractivity contribution is 0.627. The molecule has 0 atom stereocenters. The summed E-state index contributed by atoms with van der Waals surface area (Å²) in [5.74, 6) is -0.250. The molecule has 0 bridgehead atoms. The maximum absolute atomic E-state index is 13.3. The lowest BCUT2D eigenvalue weighted by atomic mass is 10.2.